The monoisotopic (exact) mass is 320 g/mol. The number of benzene rings is 1. The standard InChI is InChI=1S/C16H24N4O3/c1-4-17-13(21)10-18-15(22)14(11(2)3)20-16(23)19-12-8-6-5-7-9-12/h5-9,11,14H,4,10H2,1-3H3,(H,17,21)(H,18,22)(H2,19,20,23). The fourth-order valence-electron chi connectivity index (χ4n) is 1.90. The number of amides is 4. The number of nitrogens with one attached hydrogen (secondary N) is 4. The van der Waals surface area contributed by atoms with Gasteiger partial charge in [-0.25, -0.2) is 4.79 Å². The van der Waals surface area contributed by atoms with Crippen LogP contribution in [0, 0.1) is 5.92 Å². The summed E-state index contributed by atoms with van der Waals surface area (Å²) in [5, 5.41) is 10.4. The Morgan fingerprint density at radius 1 is 1.04 bits per heavy atom. The molecule has 4 amide bonds. The molecule has 0 aliphatic rings. The van der Waals surface area contributed by atoms with Crippen LogP contribution in [0.15, 0.2) is 30.3 Å². The lowest BCUT2D eigenvalue weighted by atomic mass is 10.0. The summed E-state index contributed by atoms with van der Waals surface area (Å²) >= 11 is 0. The van der Waals surface area contributed by atoms with Crippen molar-refractivity contribution in [2.45, 2.75) is 26.8 Å². The number of carbonyl (C=O) groups is 3. The summed E-state index contributed by atoms with van der Waals surface area (Å²) in [6.07, 6.45) is 0. The van der Waals surface area contributed by atoms with Gasteiger partial charge in [-0.3, -0.25) is 9.59 Å². The maximum atomic E-state index is 12.1. The van der Waals surface area contributed by atoms with Crippen molar-refractivity contribution in [3.05, 3.63) is 30.3 Å². The predicted octanol–water partition coefficient (Wildman–Crippen LogP) is 1.08. The Labute approximate surface area is 136 Å². The quantitative estimate of drug-likeness (QED) is 0.605. The Morgan fingerprint density at radius 2 is 1.70 bits per heavy atom. The second-order valence-corrected chi connectivity index (χ2v) is 5.36. The molecule has 1 unspecified atom stereocenters. The van der Waals surface area contributed by atoms with Gasteiger partial charge >= 0.3 is 6.03 Å². The molecule has 0 bridgehead atoms. The van der Waals surface area contributed by atoms with Gasteiger partial charge in [0, 0.05) is 12.2 Å². The van der Waals surface area contributed by atoms with E-state index >= 15 is 0 Å². The van der Waals surface area contributed by atoms with Crippen molar-refractivity contribution in [2.24, 2.45) is 5.92 Å². The van der Waals surface area contributed by atoms with Crippen molar-refractivity contribution in [3.63, 3.8) is 0 Å². The van der Waals surface area contributed by atoms with E-state index < -0.39 is 18.0 Å². The number of urea groups is 1. The Morgan fingerprint density at radius 3 is 2.26 bits per heavy atom. The third kappa shape index (κ3) is 6.82. The number of para-hydroxylation sites is 1. The van der Waals surface area contributed by atoms with Gasteiger partial charge in [-0.2, -0.15) is 0 Å². The molecule has 7 nitrogen and oxygen atoms in total. The van der Waals surface area contributed by atoms with Crippen LogP contribution in [-0.2, 0) is 9.59 Å². The minimum atomic E-state index is -0.729. The van der Waals surface area contributed by atoms with Crippen molar-refractivity contribution in [1.82, 2.24) is 16.0 Å². The van der Waals surface area contributed by atoms with E-state index in [2.05, 4.69) is 21.3 Å². The largest absolute Gasteiger partial charge is 0.355 e. The molecule has 1 aromatic carbocycles. The molecule has 0 radical (unpaired) electrons. The summed E-state index contributed by atoms with van der Waals surface area (Å²) in [5.74, 6) is -0.780. The van der Waals surface area contributed by atoms with Crippen LogP contribution in [-0.4, -0.2) is 37.0 Å². The lowest BCUT2D eigenvalue weighted by Gasteiger charge is -2.21. The average molecular weight is 320 g/mol. The molecule has 1 atom stereocenters. The number of hydrogen-bond donors (Lipinski definition) is 4. The zero-order chi connectivity index (χ0) is 17.2. The molecule has 0 fully saturated rings. The Bertz CT molecular complexity index is 531. The molecule has 4 N–H and O–H groups in total. The number of carbonyl (C=O) groups excluding carboxylic acids is 3. The third-order valence-electron chi connectivity index (χ3n) is 3.06. The van der Waals surface area contributed by atoms with E-state index in [9.17, 15) is 14.4 Å². The van der Waals surface area contributed by atoms with Gasteiger partial charge in [-0.15, -0.1) is 0 Å². The van der Waals surface area contributed by atoms with Crippen molar-refractivity contribution in [3.8, 4) is 0 Å². The van der Waals surface area contributed by atoms with E-state index in [1.165, 1.54) is 0 Å². The first kappa shape index (κ1) is 18.5. The van der Waals surface area contributed by atoms with Gasteiger partial charge < -0.3 is 21.3 Å². The third-order valence-corrected chi connectivity index (χ3v) is 3.06. The van der Waals surface area contributed by atoms with E-state index in [0.717, 1.165) is 0 Å². The predicted molar refractivity (Wildman–Crippen MR) is 88.9 cm³/mol. The second-order valence-electron chi connectivity index (χ2n) is 5.36. The van der Waals surface area contributed by atoms with Crippen LogP contribution in [0.2, 0.25) is 0 Å². The molecule has 23 heavy (non-hydrogen) atoms. The lowest BCUT2D eigenvalue weighted by molar-refractivity contribution is -0.127. The van der Waals surface area contributed by atoms with Gasteiger partial charge in [0.25, 0.3) is 0 Å². The SMILES string of the molecule is CCNC(=O)CNC(=O)C(NC(=O)Nc1ccccc1)C(C)C. The maximum absolute atomic E-state index is 12.1. The molecule has 0 spiro atoms. The minimum Gasteiger partial charge on any atom is -0.355 e. The smallest absolute Gasteiger partial charge is 0.319 e. The van der Waals surface area contributed by atoms with Crippen LogP contribution in [0.1, 0.15) is 20.8 Å². The van der Waals surface area contributed by atoms with Crippen molar-refractivity contribution >= 4 is 23.5 Å². The molecule has 0 aliphatic carbocycles. The molecule has 0 aliphatic heterocycles. The zero-order valence-electron chi connectivity index (χ0n) is 13.7. The van der Waals surface area contributed by atoms with E-state index in [1.807, 2.05) is 19.9 Å². The molecular formula is C16H24N4O3. The minimum absolute atomic E-state index is 0.113. The van der Waals surface area contributed by atoms with Crippen LogP contribution in [0.4, 0.5) is 10.5 Å². The summed E-state index contributed by atoms with van der Waals surface area (Å²) in [6, 6.07) is 7.74. The number of anilines is 1. The zero-order valence-corrected chi connectivity index (χ0v) is 13.7. The number of rotatable bonds is 7. The van der Waals surface area contributed by atoms with Gasteiger partial charge in [-0.05, 0) is 25.0 Å². The molecule has 0 heterocycles. The Kier molecular flexibility index (Phi) is 7.59. The highest BCUT2D eigenvalue weighted by atomic mass is 16.2. The molecule has 1 aromatic rings. The topological polar surface area (TPSA) is 99.3 Å². The first-order valence-electron chi connectivity index (χ1n) is 7.61. The van der Waals surface area contributed by atoms with Crippen molar-refractivity contribution in [1.29, 1.82) is 0 Å². The highest BCUT2D eigenvalue weighted by molar-refractivity contribution is 5.94. The average Bonchev–Trinajstić information content (AvgIpc) is 2.51. The summed E-state index contributed by atoms with van der Waals surface area (Å²) < 4.78 is 0. The van der Waals surface area contributed by atoms with Crippen LogP contribution in [0.3, 0.4) is 0 Å². The molecule has 0 saturated carbocycles. The van der Waals surface area contributed by atoms with Gasteiger partial charge in [0.1, 0.15) is 6.04 Å². The summed E-state index contributed by atoms with van der Waals surface area (Å²) in [6.45, 7) is 5.82. The fourth-order valence-corrected chi connectivity index (χ4v) is 1.90. The van der Waals surface area contributed by atoms with E-state index in [1.54, 1.807) is 31.2 Å². The van der Waals surface area contributed by atoms with Crippen molar-refractivity contribution in [2.75, 3.05) is 18.4 Å². The van der Waals surface area contributed by atoms with Crippen LogP contribution < -0.4 is 21.3 Å². The number of hydrogen-bond acceptors (Lipinski definition) is 3. The molecule has 1 rings (SSSR count). The lowest BCUT2D eigenvalue weighted by Crippen LogP contribution is -2.52. The van der Waals surface area contributed by atoms with E-state index in [4.69, 9.17) is 0 Å². The van der Waals surface area contributed by atoms with E-state index in [-0.39, 0.29) is 18.4 Å². The second kappa shape index (κ2) is 9.45. The van der Waals surface area contributed by atoms with Crippen LogP contribution in [0.5, 0.6) is 0 Å². The summed E-state index contributed by atoms with van der Waals surface area (Å²) in [4.78, 5) is 35.5. The molecule has 0 saturated heterocycles. The molecular weight excluding hydrogens is 296 g/mol. The van der Waals surface area contributed by atoms with Gasteiger partial charge in [0.15, 0.2) is 0 Å². The maximum Gasteiger partial charge on any atom is 0.319 e. The Hall–Kier alpha value is -2.57. The molecule has 126 valence electrons. The van der Waals surface area contributed by atoms with Crippen LogP contribution >= 0.6 is 0 Å². The van der Waals surface area contributed by atoms with Crippen molar-refractivity contribution < 1.29 is 14.4 Å². The van der Waals surface area contributed by atoms with Gasteiger partial charge in [0.05, 0.1) is 6.54 Å². The van der Waals surface area contributed by atoms with Gasteiger partial charge in [0.2, 0.25) is 11.8 Å². The number of likely N-dealkylation sites (N-methyl/N-ethyl adjacent to an activating group) is 1. The van der Waals surface area contributed by atoms with Crippen LogP contribution in [0.25, 0.3) is 0 Å². The normalized spacial score (nSPS) is 11.5. The molecule has 7 heteroatoms. The highest BCUT2D eigenvalue weighted by Gasteiger charge is 2.24. The van der Waals surface area contributed by atoms with Gasteiger partial charge in [-0.1, -0.05) is 32.0 Å². The molecule has 0 aromatic heterocycles. The first-order valence-corrected chi connectivity index (χ1v) is 7.61. The Balaban J connectivity index is 2.55. The summed E-state index contributed by atoms with van der Waals surface area (Å²) in [7, 11) is 0. The summed E-state index contributed by atoms with van der Waals surface area (Å²) in [5.41, 5.74) is 0.634. The van der Waals surface area contributed by atoms with E-state index in [0.29, 0.717) is 12.2 Å². The first-order chi connectivity index (χ1) is 10.9. The fraction of sp³-hybridized carbons (Fsp3) is 0.438. The highest BCUT2D eigenvalue weighted by Crippen LogP contribution is 2.06.